The van der Waals surface area contributed by atoms with E-state index < -0.39 is 0 Å². The molecule has 0 radical (unpaired) electrons. The van der Waals surface area contributed by atoms with E-state index in [2.05, 4.69) is 31.4 Å². The molecule has 1 atom stereocenters. The van der Waals surface area contributed by atoms with Crippen LogP contribution < -0.4 is 15.0 Å². The molecule has 0 aliphatic rings. The molecule has 3 aromatic carbocycles. The lowest BCUT2D eigenvalue weighted by Gasteiger charge is -2.21. The summed E-state index contributed by atoms with van der Waals surface area (Å²) in [6, 6.07) is 23.3. The van der Waals surface area contributed by atoms with Gasteiger partial charge in [-0.2, -0.15) is 4.98 Å². The molecule has 0 bridgehead atoms. The standard InChI is InChI=1S/C25H25BrN6O/c1-16(31(2)3)28-24(33)19-9-7-8-17(14-19)18-12-13-22-21(15-18)23(30-25(27)29-22)32(26)20-10-5-4-6-11-20/h4-16H,1-3H3,(H,28,33)(H2,27,29,30). The number of amides is 1. The second-order valence-corrected chi connectivity index (χ2v) is 8.66. The highest BCUT2D eigenvalue weighted by molar-refractivity contribution is 9.10. The van der Waals surface area contributed by atoms with Crippen molar-refractivity contribution in [2.75, 3.05) is 23.8 Å². The minimum absolute atomic E-state index is 0.0742. The van der Waals surface area contributed by atoms with Crippen LogP contribution in [-0.4, -0.2) is 41.0 Å². The Kier molecular flexibility index (Phi) is 6.57. The zero-order valence-electron chi connectivity index (χ0n) is 18.7. The van der Waals surface area contributed by atoms with Crippen LogP contribution in [-0.2, 0) is 0 Å². The number of hydrogen-bond acceptors (Lipinski definition) is 6. The SMILES string of the molecule is CC(NC(=O)c1cccc(-c2ccc3nc(N)nc(N(Br)c4ccccc4)c3c2)c1)N(C)C. The summed E-state index contributed by atoms with van der Waals surface area (Å²) in [5.74, 6) is 0.713. The van der Waals surface area contributed by atoms with Crippen molar-refractivity contribution >= 4 is 50.4 Å². The fourth-order valence-corrected chi connectivity index (χ4v) is 3.89. The molecule has 1 unspecified atom stereocenters. The van der Waals surface area contributed by atoms with Crippen molar-refractivity contribution in [3.63, 3.8) is 0 Å². The van der Waals surface area contributed by atoms with Gasteiger partial charge < -0.3 is 11.1 Å². The van der Waals surface area contributed by atoms with Gasteiger partial charge in [-0.15, -0.1) is 0 Å². The highest BCUT2D eigenvalue weighted by Gasteiger charge is 2.16. The summed E-state index contributed by atoms with van der Waals surface area (Å²) in [4.78, 5) is 23.5. The zero-order chi connectivity index (χ0) is 23.5. The molecule has 1 heterocycles. The highest BCUT2D eigenvalue weighted by atomic mass is 79.9. The first-order chi connectivity index (χ1) is 15.8. The summed E-state index contributed by atoms with van der Waals surface area (Å²) in [5.41, 5.74) is 10.1. The first kappa shape index (κ1) is 22.7. The van der Waals surface area contributed by atoms with Crippen LogP contribution in [0.5, 0.6) is 0 Å². The number of halogens is 1. The quantitative estimate of drug-likeness (QED) is 0.285. The number of nitrogens with two attached hydrogens (primary N) is 1. The van der Waals surface area contributed by atoms with Crippen molar-refractivity contribution in [2.24, 2.45) is 0 Å². The number of rotatable bonds is 6. The maximum atomic E-state index is 12.7. The third kappa shape index (κ3) is 4.97. The Morgan fingerprint density at radius 3 is 2.42 bits per heavy atom. The van der Waals surface area contributed by atoms with Gasteiger partial charge in [0.1, 0.15) is 0 Å². The average Bonchev–Trinajstić information content (AvgIpc) is 2.83. The Hall–Kier alpha value is -3.49. The molecule has 168 valence electrons. The fourth-order valence-electron chi connectivity index (χ4n) is 3.38. The molecule has 7 nitrogen and oxygen atoms in total. The maximum Gasteiger partial charge on any atom is 0.252 e. The van der Waals surface area contributed by atoms with E-state index in [0.29, 0.717) is 11.4 Å². The molecule has 33 heavy (non-hydrogen) atoms. The van der Waals surface area contributed by atoms with Crippen LogP contribution in [0.15, 0.2) is 72.8 Å². The minimum Gasteiger partial charge on any atom is -0.368 e. The average molecular weight is 505 g/mol. The largest absolute Gasteiger partial charge is 0.368 e. The number of para-hydroxylation sites is 1. The molecular weight excluding hydrogens is 480 g/mol. The van der Waals surface area contributed by atoms with E-state index in [-0.39, 0.29) is 18.0 Å². The van der Waals surface area contributed by atoms with Gasteiger partial charge in [0.05, 0.1) is 33.5 Å². The summed E-state index contributed by atoms with van der Waals surface area (Å²) >= 11 is 3.63. The molecule has 8 heteroatoms. The molecule has 0 aliphatic carbocycles. The van der Waals surface area contributed by atoms with Crippen LogP contribution in [0.4, 0.5) is 17.5 Å². The summed E-state index contributed by atoms with van der Waals surface area (Å²) in [6.45, 7) is 1.94. The van der Waals surface area contributed by atoms with Gasteiger partial charge in [-0.1, -0.05) is 36.4 Å². The Bertz CT molecular complexity index is 1290. The Balaban J connectivity index is 1.74. The van der Waals surface area contributed by atoms with Gasteiger partial charge >= 0.3 is 0 Å². The van der Waals surface area contributed by atoms with Crippen LogP contribution in [0, 0.1) is 0 Å². The number of carbonyl (C=O) groups excluding carboxylic acids is 1. The summed E-state index contributed by atoms with van der Waals surface area (Å²) in [6.07, 6.45) is -0.0742. The van der Waals surface area contributed by atoms with E-state index in [1.807, 2.05) is 103 Å². The lowest BCUT2D eigenvalue weighted by atomic mass is 10.0. The maximum absolute atomic E-state index is 12.7. The van der Waals surface area contributed by atoms with Gasteiger partial charge in [-0.3, -0.25) is 13.6 Å². The number of aromatic nitrogens is 2. The van der Waals surface area contributed by atoms with Gasteiger partial charge in [-0.05, 0) is 68.5 Å². The van der Waals surface area contributed by atoms with Crippen molar-refractivity contribution in [3.05, 3.63) is 78.4 Å². The van der Waals surface area contributed by atoms with Crippen molar-refractivity contribution in [2.45, 2.75) is 13.1 Å². The van der Waals surface area contributed by atoms with Gasteiger partial charge in [0.15, 0.2) is 5.82 Å². The molecule has 0 fully saturated rings. The molecule has 3 N–H and O–H groups in total. The molecule has 0 spiro atoms. The van der Waals surface area contributed by atoms with Gasteiger partial charge in [0.2, 0.25) is 5.95 Å². The van der Waals surface area contributed by atoms with Crippen LogP contribution >= 0.6 is 16.1 Å². The van der Waals surface area contributed by atoms with Crippen molar-refractivity contribution in [3.8, 4) is 11.1 Å². The minimum atomic E-state index is -0.119. The fraction of sp³-hybridized carbons (Fsp3) is 0.160. The van der Waals surface area contributed by atoms with E-state index in [4.69, 9.17) is 5.73 Å². The number of nitrogens with zero attached hydrogens (tertiary/aromatic N) is 4. The Labute approximate surface area is 201 Å². The third-order valence-electron chi connectivity index (χ3n) is 5.43. The topological polar surface area (TPSA) is 87.4 Å². The number of anilines is 3. The molecule has 1 amide bonds. The van der Waals surface area contributed by atoms with E-state index in [9.17, 15) is 4.79 Å². The number of benzene rings is 3. The van der Waals surface area contributed by atoms with Gasteiger partial charge in [0.25, 0.3) is 5.91 Å². The predicted octanol–water partition coefficient (Wildman–Crippen LogP) is 4.96. The number of hydrogen-bond donors (Lipinski definition) is 2. The van der Waals surface area contributed by atoms with E-state index in [1.165, 1.54) is 0 Å². The molecule has 0 saturated heterocycles. The number of nitrogens with one attached hydrogen (secondary N) is 1. The molecular formula is C25H25BrN6O. The Morgan fingerprint density at radius 2 is 1.70 bits per heavy atom. The molecule has 4 aromatic rings. The lowest BCUT2D eigenvalue weighted by Crippen LogP contribution is -2.42. The van der Waals surface area contributed by atoms with Crippen LogP contribution in [0.2, 0.25) is 0 Å². The summed E-state index contributed by atoms with van der Waals surface area (Å²) < 4.78 is 1.81. The van der Waals surface area contributed by atoms with E-state index in [1.54, 1.807) is 0 Å². The normalized spacial score (nSPS) is 12.0. The van der Waals surface area contributed by atoms with Crippen LogP contribution in [0.3, 0.4) is 0 Å². The van der Waals surface area contributed by atoms with Gasteiger partial charge in [0, 0.05) is 10.9 Å². The second kappa shape index (κ2) is 9.56. The molecule has 0 aliphatic heterocycles. The predicted molar refractivity (Wildman–Crippen MR) is 138 cm³/mol. The molecule has 0 saturated carbocycles. The second-order valence-electron chi connectivity index (χ2n) is 7.95. The zero-order valence-corrected chi connectivity index (χ0v) is 20.2. The summed E-state index contributed by atoms with van der Waals surface area (Å²) in [5, 5.41) is 3.82. The van der Waals surface area contributed by atoms with Crippen LogP contribution in [0.25, 0.3) is 22.0 Å². The van der Waals surface area contributed by atoms with Gasteiger partial charge in [-0.25, -0.2) is 4.98 Å². The highest BCUT2D eigenvalue weighted by Crippen LogP contribution is 2.35. The first-order valence-electron chi connectivity index (χ1n) is 10.5. The molecule has 1 aromatic heterocycles. The number of nitrogen functional groups attached to an aromatic ring is 1. The van der Waals surface area contributed by atoms with Crippen LogP contribution in [0.1, 0.15) is 17.3 Å². The third-order valence-corrected chi connectivity index (χ3v) is 6.18. The van der Waals surface area contributed by atoms with Crippen molar-refractivity contribution in [1.82, 2.24) is 20.2 Å². The summed E-state index contributed by atoms with van der Waals surface area (Å²) in [7, 11) is 3.84. The number of carbonyl (C=O) groups is 1. The Morgan fingerprint density at radius 1 is 0.970 bits per heavy atom. The lowest BCUT2D eigenvalue weighted by molar-refractivity contribution is 0.0900. The van der Waals surface area contributed by atoms with Crippen molar-refractivity contribution in [1.29, 1.82) is 0 Å². The first-order valence-corrected chi connectivity index (χ1v) is 11.2. The monoisotopic (exact) mass is 504 g/mol. The van der Waals surface area contributed by atoms with E-state index >= 15 is 0 Å². The van der Waals surface area contributed by atoms with E-state index in [0.717, 1.165) is 27.7 Å². The smallest absolute Gasteiger partial charge is 0.252 e. The van der Waals surface area contributed by atoms with Crippen molar-refractivity contribution < 1.29 is 4.79 Å². The molecule has 4 rings (SSSR count). The number of fused-ring (bicyclic) bond motifs is 1.